The van der Waals surface area contributed by atoms with Gasteiger partial charge < -0.3 is 15.1 Å². The van der Waals surface area contributed by atoms with Crippen molar-refractivity contribution in [2.75, 3.05) is 37.6 Å². The highest BCUT2D eigenvalue weighted by atomic mass is 19.1. The molecule has 2 aliphatic heterocycles. The van der Waals surface area contributed by atoms with Crippen LogP contribution >= 0.6 is 0 Å². The molecule has 1 unspecified atom stereocenters. The maximum absolute atomic E-state index is 14.5. The molecule has 2 fully saturated rings. The highest BCUT2D eigenvalue weighted by Crippen LogP contribution is 2.36. The van der Waals surface area contributed by atoms with Gasteiger partial charge in [0.1, 0.15) is 23.0 Å². The lowest BCUT2D eigenvalue weighted by atomic mass is 9.99. The lowest BCUT2D eigenvalue weighted by molar-refractivity contribution is 0.0946. The van der Waals surface area contributed by atoms with Gasteiger partial charge in [-0.05, 0) is 69.0 Å². The highest BCUT2D eigenvalue weighted by molar-refractivity contribution is 5.99. The Kier molecular flexibility index (Phi) is 6.45. The molecule has 2 aromatic heterocycles. The monoisotopic (exact) mass is 468 g/mol. The minimum absolute atomic E-state index is 0.209. The third kappa shape index (κ3) is 4.61. The number of aromatic nitrogens is 3. The number of hydrogen-bond donors (Lipinski definition) is 1. The smallest absolute Gasteiger partial charge is 0.256 e. The fraction of sp³-hybridized carbons (Fsp3) is 0.480. The Balaban J connectivity index is 1.31. The number of carbonyl (C=O) groups excluding carboxylic acids is 1. The van der Waals surface area contributed by atoms with E-state index < -0.39 is 11.6 Å². The van der Waals surface area contributed by atoms with Crippen LogP contribution in [-0.4, -0.2) is 58.1 Å². The molecule has 3 aromatic rings. The quantitative estimate of drug-likeness (QED) is 0.596. The number of likely N-dealkylation sites (tertiary alicyclic amines) is 1. The third-order valence-electron chi connectivity index (χ3n) is 7.05. The summed E-state index contributed by atoms with van der Waals surface area (Å²) in [7, 11) is 0. The molecule has 5 rings (SSSR count). The molecule has 0 radical (unpaired) electrons. The highest BCUT2D eigenvalue weighted by Gasteiger charge is 2.30. The van der Waals surface area contributed by atoms with Gasteiger partial charge in [-0.25, -0.2) is 18.3 Å². The molecule has 9 heteroatoms. The van der Waals surface area contributed by atoms with Crippen molar-refractivity contribution in [2.45, 2.75) is 38.6 Å². The molecule has 0 spiro atoms. The van der Waals surface area contributed by atoms with Crippen LogP contribution in [0, 0.1) is 17.6 Å². The number of nitrogens with one attached hydrogen (secondary N) is 1. The van der Waals surface area contributed by atoms with Crippen molar-refractivity contribution in [3.63, 3.8) is 0 Å². The van der Waals surface area contributed by atoms with E-state index in [9.17, 15) is 13.6 Å². The second kappa shape index (κ2) is 9.66. The Morgan fingerprint density at radius 1 is 1.15 bits per heavy atom. The standard InChI is InChI=1S/C25H30F2N6O/c1-17-6-11-31(12-7-17)14-9-28-25(34)20-16-29-33-13-8-23(30-24(20)33)32-10-2-3-22(32)19-15-18(26)4-5-21(19)27/h4-5,8,13,15-17,22H,2-3,6-7,9-12,14H2,1H3,(H,28,34). The summed E-state index contributed by atoms with van der Waals surface area (Å²) in [6.07, 6.45) is 7.22. The van der Waals surface area contributed by atoms with E-state index in [-0.39, 0.29) is 11.9 Å². The normalized spacial score (nSPS) is 19.7. The molecule has 1 atom stereocenters. The van der Waals surface area contributed by atoms with Crippen LogP contribution in [0.1, 0.15) is 54.6 Å². The Morgan fingerprint density at radius 2 is 1.97 bits per heavy atom. The molecule has 0 aliphatic carbocycles. The van der Waals surface area contributed by atoms with Crippen LogP contribution in [0.25, 0.3) is 5.65 Å². The van der Waals surface area contributed by atoms with Crippen LogP contribution in [0.5, 0.6) is 0 Å². The first kappa shape index (κ1) is 22.7. The first-order valence-electron chi connectivity index (χ1n) is 12.1. The van der Waals surface area contributed by atoms with Gasteiger partial charge in [0.25, 0.3) is 5.91 Å². The van der Waals surface area contributed by atoms with Crippen molar-refractivity contribution in [3.05, 3.63) is 59.4 Å². The molecule has 34 heavy (non-hydrogen) atoms. The Morgan fingerprint density at radius 3 is 2.79 bits per heavy atom. The summed E-state index contributed by atoms with van der Waals surface area (Å²) in [6.45, 7) is 6.49. The van der Waals surface area contributed by atoms with Crippen molar-refractivity contribution in [2.24, 2.45) is 5.92 Å². The number of nitrogens with zero attached hydrogens (tertiary/aromatic N) is 5. The summed E-state index contributed by atoms with van der Waals surface area (Å²) in [5.74, 6) is 0.305. The zero-order valence-corrected chi connectivity index (χ0v) is 19.4. The number of anilines is 1. The first-order chi connectivity index (χ1) is 16.5. The molecule has 4 heterocycles. The summed E-state index contributed by atoms with van der Waals surface area (Å²) >= 11 is 0. The summed E-state index contributed by atoms with van der Waals surface area (Å²) in [5, 5.41) is 7.27. The number of benzene rings is 1. The van der Waals surface area contributed by atoms with Gasteiger partial charge in [0.15, 0.2) is 5.65 Å². The van der Waals surface area contributed by atoms with Gasteiger partial charge in [-0.3, -0.25) is 4.79 Å². The van der Waals surface area contributed by atoms with Crippen LogP contribution in [0.4, 0.5) is 14.6 Å². The maximum atomic E-state index is 14.5. The second-order valence-electron chi connectivity index (χ2n) is 9.41. The van der Waals surface area contributed by atoms with Gasteiger partial charge in [0.2, 0.25) is 0 Å². The van der Waals surface area contributed by atoms with Gasteiger partial charge in [-0.2, -0.15) is 5.10 Å². The van der Waals surface area contributed by atoms with Crippen molar-refractivity contribution in [1.29, 1.82) is 0 Å². The minimum Gasteiger partial charge on any atom is -0.351 e. The van der Waals surface area contributed by atoms with E-state index in [0.717, 1.165) is 38.0 Å². The van der Waals surface area contributed by atoms with E-state index >= 15 is 0 Å². The van der Waals surface area contributed by atoms with Crippen molar-refractivity contribution in [3.8, 4) is 0 Å². The predicted molar refractivity (Wildman–Crippen MR) is 126 cm³/mol. The van der Waals surface area contributed by atoms with Gasteiger partial charge in [-0.15, -0.1) is 0 Å². The number of hydrogen-bond acceptors (Lipinski definition) is 5. The largest absolute Gasteiger partial charge is 0.351 e. The van der Waals surface area contributed by atoms with Crippen molar-refractivity contribution < 1.29 is 13.6 Å². The Labute approximate surface area is 197 Å². The minimum atomic E-state index is -0.458. The average Bonchev–Trinajstić information content (AvgIpc) is 3.49. The lowest BCUT2D eigenvalue weighted by Crippen LogP contribution is -2.39. The van der Waals surface area contributed by atoms with E-state index in [0.29, 0.717) is 42.1 Å². The van der Waals surface area contributed by atoms with Crippen LogP contribution < -0.4 is 10.2 Å². The van der Waals surface area contributed by atoms with E-state index in [2.05, 4.69) is 22.2 Å². The molecule has 1 amide bonds. The molecular weight excluding hydrogens is 438 g/mol. The molecule has 1 N–H and O–H groups in total. The number of amides is 1. The van der Waals surface area contributed by atoms with Gasteiger partial charge in [-0.1, -0.05) is 6.92 Å². The SMILES string of the molecule is CC1CCN(CCNC(=O)c2cnn3ccc(N4CCCC4c4cc(F)ccc4F)nc23)CC1. The maximum Gasteiger partial charge on any atom is 0.256 e. The molecule has 1 aromatic carbocycles. The molecule has 2 aliphatic rings. The van der Waals surface area contributed by atoms with E-state index in [1.54, 1.807) is 16.8 Å². The summed E-state index contributed by atoms with van der Waals surface area (Å²) in [5.41, 5.74) is 1.19. The zero-order valence-electron chi connectivity index (χ0n) is 19.4. The molecule has 7 nitrogen and oxygen atoms in total. The van der Waals surface area contributed by atoms with Gasteiger partial charge >= 0.3 is 0 Å². The molecule has 180 valence electrons. The fourth-order valence-electron chi connectivity index (χ4n) is 5.02. The van der Waals surface area contributed by atoms with Gasteiger partial charge in [0.05, 0.1) is 12.2 Å². The third-order valence-corrected chi connectivity index (χ3v) is 7.05. The van der Waals surface area contributed by atoms with Crippen molar-refractivity contribution in [1.82, 2.24) is 24.8 Å². The molecule has 0 saturated carbocycles. The number of piperidine rings is 1. The fourth-order valence-corrected chi connectivity index (χ4v) is 5.02. The second-order valence-corrected chi connectivity index (χ2v) is 9.41. The summed E-state index contributed by atoms with van der Waals surface area (Å²) < 4.78 is 29.9. The summed E-state index contributed by atoms with van der Waals surface area (Å²) in [6, 6.07) is 5.05. The number of carbonyl (C=O) groups is 1. The van der Waals surface area contributed by atoms with Crippen LogP contribution in [0.2, 0.25) is 0 Å². The zero-order chi connectivity index (χ0) is 23.7. The predicted octanol–water partition coefficient (Wildman–Crippen LogP) is 3.81. The molecule has 2 saturated heterocycles. The Hall–Kier alpha value is -3.07. The Bertz CT molecular complexity index is 1170. The van der Waals surface area contributed by atoms with E-state index in [1.807, 2.05) is 4.90 Å². The summed E-state index contributed by atoms with van der Waals surface area (Å²) in [4.78, 5) is 22.0. The van der Waals surface area contributed by atoms with Crippen LogP contribution in [0.15, 0.2) is 36.7 Å². The van der Waals surface area contributed by atoms with Crippen LogP contribution in [-0.2, 0) is 0 Å². The van der Waals surface area contributed by atoms with Gasteiger partial charge in [0, 0.05) is 31.4 Å². The van der Waals surface area contributed by atoms with E-state index in [1.165, 1.54) is 31.2 Å². The van der Waals surface area contributed by atoms with Crippen LogP contribution in [0.3, 0.4) is 0 Å². The van der Waals surface area contributed by atoms with E-state index in [4.69, 9.17) is 4.98 Å². The van der Waals surface area contributed by atoms with Crippen molar-refractivity contribution >= 4 is 17.4 Å². The lowest BCUT2D eigenvalue weighted by Gasteiger charge is -2.30. The first-order valence-corrected chi connectivity index (χ1v) is 12.1. The number of fused-ring (bicyclic) bond motifs is 1. The molecular formula is C25H30F2N6O. The number of rotatable bonds is 6. The molecule has 0 bridgehead atoms. The topological polar surface area (TPSA) is 65.8 Å². The number of halogens is 2. The average molecular weight is 469 g/mol.